The Balaban J connectivity index is 3.16. The number of hydrogen-bond donors (Lipinski definition) is 0. The number of halogens is 3. The van der Waals surface area contributed by atoms with Gasteiger partial charge in [-0.3, -0.25) is 0 Å². The number of rotatable bonds is 1. The Morgan fingerprint density at radius 3 is 2.50 bits per heavy atom. The second kappa shape index (κ2) is 3.26. The zero-order chi connectivity index (χ0) is 9.14. The molecule has 0 amide bonds. The third kappa shape index (κ3) is 1.56. The van der Waals surface area contributed by atoms with E-state index in [4.69, 9.17) is 5.26 Å². The van der Waals surface area contributed by atoms with E-state index in [-0.39, 0.29) is 11.1 Å². The third-order valence-corrected chi connectivity index (χ3v) is 1.36. The third-order valence-electron chi connectivity index (χ3n) is 1.36. The van der Waals surface area contributed by atoms with Crippen molar-refractivity contribution in [2.45, 2.75) is 6.43 Å². The van der Waals surface area contributed by atoms with Gasteiger partial charge in [0.25, 0.3) is 6.43 Å². The van der Waals surface area contributed by atoms with Gasteiger partial charge in [-0.15, -0.1) is 0 Å². The van der Waals surface area contributed by atoms with Gasteiger partial charge in [-0.2, -0.15) is 5.26 Å². The Labute approximate surface area is 67.1 Å². The molecule has 0 N–H and O–H groups in total. The molecule has 0 unspecified atom stereocenters. The first-order chi connectivity index (χ1) is 5.65. The lowest BCUT2D eigenvalue weighted by Gasteiger charge is -1.99. The van der Waals surface area contributed by atoms with Gasteiger partial charge in [0.05, 0.1) is 5.56 Å². The maximum absolute atomic E-state index is 12.6. The average molecular weight is 171 g/mol. The van der Waals surface area contributed by atoms with E-state index in [2.05, 4.69) is 0 Å². The predicted octanol–water partition coefficient (Wildman–Crippen LogP) is 2.63. The Kier molecular flexibility index (Phi) is 2.34. The van der Waals surface area contributed by atoms with E-state index in [0.29, 0.717) is 0 Å². The number of hydrogen-bond acceptors (Lipinski definition) is 1. The van der Waals surface area contributed by atoms with Crippen LogP contribution in [0.5, 0.6) is 0 Å². The van der Waals surface area contributed by atoms with Gasteiger partial charge in [-0.1, -0.05) is 6.07 Å². The van der Waals surface area contributed by atoms with E-state index < -0.39 is 12.2 Å². The quantitative estimate of drug-likeness (QED) is 0.637. The fourth-order valence-corrected chi connectivity index (χ4v) is 0.764. The second-order valence-corrected chi connectivity index (χ2v) is 2.15. The van der Waals surface area contributed by atoms with Gasteiger partial charge in [0.15, 0.2) is 0 Å². The molecule has 0 saturated carbocycles. The Hall–Kier alpha value is -1.50. The van der Waals surface area contributed by atoms with Gasteiger partial charge in [0.1, 0.15) is 11.9 Å². The summed E-state index contributed by atoms with van der Waals surface area (Å²) in [5.74, 6) is -0.776. The standard InChI is InChI=1S/C8H4F3N/c9-7-2-1-5(8(10)11)3-6(7)4-12/h1-3,8H. The van der Waals surface area contributed by atoms with Crippen LogP contribution in [0.25, 0.3) is 0 Å². The summed E-state index contributed by atoms with van der Waals surface area (Å²) in [7, 11) is 0. The van der Waals surface area contributed by atoms with E-state index in [0.717, 1.165) is 18.2 Å². The molecule has 1 rings (SSSR count). The fraction of sp³-hybridized carbons (Fsp3) is 0.125. The molecule has 0 aliphatic rings. The van der Waals surface area contributed by atoms with Gasteiger partial charge in [0, 0.05) is 5.56 Å². The summed E-state index contributed by atoms with van der Waals surface area (Å²) in [5.41, 5.74) is -0.694. The summed E-state index contributed by atoms with van der Waals surface area (Å²) in [5, 5.41) is 8.29. The van der Waals surface area contributed by atoms with E-state index in [9.17, 15) is 13.2 Å². The first-order valence-electron chi connectivity index (χ1n) is 3.13. The minimum absolute atomic E-state index is 0.340. The molecule has 1 aromatic carbocycles. The van der Waals surface area contributed by atoms with Crippen LogP contribution in [-0.4, -0.2) is 0 Å². The molecule has 62 valence electrons. The van der Waals surface area contributed by atoms with Crippen LogP contribution in [-0.2, 0) is 0 Å². The van der Waals surface area contributed by atoms with E-state index >= 15 is 0 Å². The molecule has 0 aliphatic heterocycles. The molecule has 0 radical (unpaired) electrons. The monoisotopic (exact) mass is 171 g/mol. The number of alkyl halides is 2. The molecule has 0 bridgehead atoms. The van der Waals surface area contributed by atoms with Crippen LogP contribution in [0.15, 0.2) is 18.2 Å². The van der Waals surface area contributed by atoms with Gasteiger partial charge >= 0.3 is 0 Å². The summed E-state index contributed by atoms with van der Waals surface area (Å²) < 4.78 is 36.5. The smallest absolute Gasteiger partial charge is 0.206 e. The van der Waals surface area contributed by atoms with Crippen LogP contribution in [0.4, 0.5) is 13.2 Å². The highest BCUT2D eigenvalue weighted by Crippen LogP contribution is 2.20. The summed E-state index contributed by atoms with van der Waals surface area (Å²) >= 11 is 0. The van der Waals surface area contributed by atoms with Crippen molar-refractivity contribution in [3.63, 3.8) is 0 Å². The van der Waals surface area contributed by atoms with Gasteiger partial charge in [-0.25, -0.2) is 13.2 Å². The van der Waals surface area contributed by atoms with Crippen molar-refractivity contribution >= 4 is 0 Å². The van der Waals surface area contributed by atoms with Crippen LogP contribution in [0, 0.1) is 17.1 Å². The Morgan fingerprint density at radius 1 is 1.33 bits per heavy atom. The summed E-state index contributed by atoms with van der Waals surface area (Å²) in [6.45, 7) is 0. The van der Waals surface area contributed by atoms with Crippen molar-refractivity contribution in [1.82, 2.24) is 0 Å². The van der Waals surface area contributed by atoms with E-state index in [1.807, 2.05) is 0 Å². The number of benzene rings is 1. The predicted molar refractivity (Wildman–Crippen MR) is 36.1 cm³/mol. The molecule has 1 aromatic rings. The molecule has 0 saturated heterocycles. The Bertz CT molecular complexity index is 328. The molecule has 1 nitrogen and oxygen atoms in total. The molecule has 12 heavy (non-hydrogen) atoms. The molecule has 4 heteroatoms. The highest BCUT2D eigenvalue weighted by Gasteiger charge is 2.09. The summed E-state index contributed by atoms with van der Waals surface area (Å²) in [6, 6.07) is 4.15. The van der Waals surface area contributed by atoms with Crippen molar-refractivity contribution in [2.24, 2.45) is 0 Å². The lowest BCUT2D eigenvalue weighted by Crippen LogP contribution is -1.88. The summed E-state index contributed by atoms with van der Waals surface area (Å²) in [4.78, 5) is 0. The Morgan fingerprint density at radius 2 is 2.00 bits per heavy atom. The van der Waals surface area contributed by atoms with Crippen LogP contribution in [0.3, 0.4) is 0 Å². The van der Waals surface area contributed by atoms with Gasteiger partial charge in [-0.05, 0) is 12.1 Å². The maximum Gasteiger partial charge on any atom is 0.263 e. The zero-order valence-corrected chi connectivity index (χ0v) is 5.89. The van der Waals surface area contributed by atoms with E-state index in [1.54, 1.807) is 0 Å². The molecule has 0 spiro atoms. The lowest BCUT2D eigenvalue weighted by molar-refractivity contribution is 0.151. The summed E-state index contributed by atoms with van der Waals surface area (Å²) in [6.07, 6.45) is -2.67. The van der Waals surface area contributed by atoms with Crippen LogP contribution in [0.1, 0.15) is 17.6 Å². The van der Waals surface area contributed by atoms with Crippen LogP contribution < -0.4 is 0 Å². The minimum atomic E-state index is -2.67. The highest BCUT2D eigenvalue weighted by molar-refractivity contribution is 5.34. The normalized spacial score (nSPS) is 9.92. The maximum atomic E-state index is 12.6. The average Bonchev–Trinajstić information content (AvgIpc) is 2.05. The van der Waals surface area contributed by atoms with E-state index in [1.165, 1.54) is 6.07 Å². The highest BCUT2D eigenvalue weighted by atomic mass is 19.3. The van der Waals surface area contributed by atoms with Crippen molar-refractivity contribution in [2.75, 3.05) is 0 Å². The lowest BCUT2D eigenvalue weighted by atomic mass is 10.1. The van der Waals surface area contributed by atoms with Gasteiger partial charge in [0.2, 0.25) is 0 Å². The molecular formula is C8H4F3N. The molecule has 0 fully saturated rings. The first-order valence-corrected chi connectivity index (χ1v) is 3.13. The number of nitriles is 1. The fourth-order valence-electron chi connectivity index (χ4n) is 0.764. The topological polar surface area (TPSA) is 23.8 Å². The van der Waals surface area contributed by atoms with Crippen LogP contribution in [0.2, 0.25) is 0 Å². The van der Waals surface area contributed by atoms with Crippen molar-refractivity contribution in [1.29, 1.82) is 5.26 Å². The van der Waals surface area contributed by atoms with Crippen molar-refractivity contribution < 1.29 is 13.2 Å². The molecule has 0 aliphatic carbocycles. The number of nitrogens with zero attached hydrogens (tertiary/aromatic N) is 1. The first kappa shape index (κ1) is 8.60. The zero-order valence-electron chi connectivity index (χ0n) is 5.89. The molecular weight excluding hydrogens is 167 g/mol. The van der Waals surface area contributed by atoms with Crippen LogP contribution >= 0.6 is 0 Å². The SMILES string of the molecule is N#Cc1cc(C(F)F)ccc1F. The minimum Gasteiger partial charge on any atom is -0.206 e. The van der Waals surface area contributed by atoms with Gasteiger partial charge < -0.3 is 0 Å². The molecule has 0 atom stereocenters. The second-order valence-electron chi connectivity index (χ2n) is 2.15. The molecule has 0 heterocycles. The van der Waals surface area contributed by atoms with Crippen molar-refractivity contribution in [3.8, 4) is 6.07 Å². The molecule has 0 aromatic heterocycles. The largest absolute Gasteiger partial charge is 0.263 e. The van der Waals surface area contributed by atoms with Crippen molar-refractivity contribution in [3.05, 3.63) is 35.1 Å².